The molecule has 2 aliphatic heterocycles. The van der Waals surface area contributed by atoms with Crippen molar-refractivity contribution in [1.82, 2.24) is 0 Å². The van der Waals surface area contributed by atoms with E-state index in [-0.39, 0.29) is 0 Å². The second-order valence-electron chi connectivity index (χ2n) is 3.77. The lowest BCUT2D eigenvalue weighted by Gasteiger charge is -2.19. The molecule has 1 saturated heterocycles. The van der Waals surface area contributed by atoms with Crippen molar-refractivity contribution in [2.45, 2.75) is 44.7 Å². The van der Waals surface area contributed by atoms with E-state index in [0.717, 1.165) is 0 Å². The fourth-order valence-corrected chi connectivity index (χ4v) is 1.88. The Bertz CT molecular complexity index is 291. The summed E-state index contributed by atoms with van der Waals surface area (Å²) in [7, 11) is 0. The number of aliphatic hydroxyl groups is 2. The van der Waals surface area contributed by atoms with Crippen LogP contribution >= 0.6 is 0 Å². The minimum atomic E-state index is -1.26. The van der Waals surface area contributed by atoms with E-state index >= 15 is 0 Å². The fourth-order valence-electron chi connectivity index (χ4n) is 1.88. The number of fused-ring (bicyclic) bond motifs is 1. The molecule has 0 saturated carbocycles. The molecule has 2 N–H and O–H groups in total. The van der Waals surface area contributed by atoms with E-state index in [2.05, 4.69) is 5.16 Å². The minimum Gasteiger partial charge on any atom is -0.386 e. The predicted molar refractivity (Wildman–Crippen MR) is 56.2 cm³/mol. The largest absolute Gasteiger partial charge is 0.386 e. The zero-order chi connectivity index (χ0) is 12.4. The molecule has 2 rings (SSSR count). The summed E-state index contributed by atoms with van der Waals surface area (Å²) < 4.78 is 15.9. The normalized spacial score (nSPS) is 35.9. The summed E-state index contributed by atoms with van der Waals surface area (Å²) in [6, 6.07) is 0. The van der Waals surface area contributed by atoms with E-state index in [1.54, 1.807) is 0 Å². The van der Waals surface area contributed by atoms with Crippen LogP contribution < -0.4 is 0 Å². The monoisotopic (exact) mass is 247 g/mol. The van der Waals surface area contributed by atoms with Gasteiger partial charge in [0.05, 0.1) is 0 Å². The molecule has 7 heteroatoms. The topological polar surface area (TPSA) is 89.7 Å². The van der Waals surface area contributed by atoms with Crippen LogP contribution in [0.2, 0.25) is 0 Å². The first kappa shape index (κ1) is 12.7. The summed E-state index contributed by atoms with van der Waals surface area (Å²) in [5, 5.41) is 22.8. The number of nitrogens with zero attached hydrogens (tertiary/aromatic N) is 1. The number of hydrogen-bond acceptors (Lipinski definition) is 7. The van der Waals surface area contributed by atoms with Gasteiger partial charge >= 0.3 is 0 Å². The number of rotatable bonds is 5. The molecule has 2 heterocycles. The number of hydrogen-bond donors (Lipinski definition) is 2. The van der Waals surface area contributed by atoms with Gasteiger partial charge < -0.3 is 29.3 Å². The van der Waals surface area contributed by atoms with Crippen LogP contribution in [0, 0.1) is 0 Å². The molecule has 1 unspecified atom stereocenters. The molecule has 0 aromatic rings. The first-order valence-electron chi connectivity index (χ1n) is 5.67. The molecule has 2 aliphatic rings. The van der Waals surface area contributed by atoms with E-state index in [0.29, 0.717) is 18.9 Å². The van der Waals surface area contributed by atoms with Crippen molar-refractivity contribution in [1.29, 1.82) is 0 Å². The number of aliphatic hydroxyl groups excluding tert-OH is 2. The standard InChI is InChI=1S/C10H17NO6/c1-3-14-10(15-4-2)5-7-8(17-11-5)6(12)9(13)16-7/h6-10,12-13H,3-4H2,1-2H3/t6-,7-,8-,9?/m0/s1. The van der Waals surface area contributed by atoms with Crippen molar-refractivity contribution in [3.63, 3.8) is 0 Å². The highest BCUT2D eigenvalue weighted by Crippen LogP contribution is 2.30. The van der Waals surface area contributed by atoms with Crippen molar-refractivity contribution >= 4 is 5.71 Å². The van der Waals surface area contributed by atoms with Crippen LogP contribution in [0.4, 0.5) is 0 Å². The van der Waals surface area contributed by atoms with Gasteiger partial charge in [-0.3, -0.25) is 0 Å². The second-order valence-corrected chi connectivity index (χ2v) is 3.77. The molecule has 0 spiro atoms. The first-order valence-corrected chi connectivity index (χ1v) is 5.67. The molecule has 98 valence electrons. The molecule has 0 amide bonds. The minimum absolute atomic E-state index is 0.411. The molecule has 1 fully saturated rings. The molecule has 7 nitrogen and oxygen atoms in total. The Labute approximate surface area is 98.9 Å². The molecule has 0 bridgehead atoms. The lowest BCUT2D eigenvalue weighted by atomic mass is 10.1. The highest BCUT2D eigenvalue weighted by molar-refractivity contribution is 5.93. The second kappa shape index (κ2) is 5.28. The number of ether oxygens (including phenoxy) is 3. The first-order chi connectivity index (χ1) is 8.19. The van der Waals surface area contributed by atoms with Gasteiger partial charge in [0.25, 0.3) is 0 Å². The van der Waals surface area contributed by atoms with Gasteiger partial charge in [0.1, 0.15) is 17.9 Å². The van der Waals surface area contributed by atoms with E-state index in [1.807, 2.05) is 13.8 Å². The number of oxime groups is 1. The summed E-state index contributed by atoms with van der Waals surface area (Å²) in [5.74, 6) is 0. The van der Waals surface area contributed by atoms with E-state index in [4.69, 9.17) is 19.0 Å². The molecule has 17 heavy (non-hydrogen) atoms. The van der Waals surface area contributed by atoms with Gasteiger partial charge in [-0.05, 0) is 13.8 Å². The maximum Gasteiger partial charge on any atom is 0.203 e. The third kappa shape index (κ3) is 2.29. The molecular formula is C10H17NO6. The van der Waals surface area contributed by atoms with Crippen molar-refractivity contribution in [2.24, 2.45) is 5.16 Å². The van der Waals surface area contributed by atoms with E-state index in [1.165, 1.54) is 0 Å². The van der Waals surface area contributed by atoms with Crippen LogP contribution in [0.3, 0.4) is 0 Å². The maximum absolute atomic E-state index is 9.57. The maximum atomic E-state index is 9.57. The third-order valence-electron chi connectivity index (χ3n) is 2.66. The van der Waals surface area contributed by atoms with Crippen LogP contribution in [-0.4, -0.2) is 60.0 Å². The van der Waals surface area contributed by atoms with Crippen LogP contribution in [0.1, 0.15) is 13.8 Å². The molecule has 0 aliphatic carbocycles. The zero-order valence-electron chi connectivity index (χ0n) is 9.78. The molecule has 0 aromatic carbocycles. The van der Waals surface area contributed by atoms with Gasteiger partial charge in [-0.15, -0.1) is 0 Å². The summed E-state index contributed by atoms with van der Waals surface area (Å²) in [6.45, 7) is 4.57. The average Bonchev–Trinajstić information content (AvgIpc) is 2.81. The van der Waals surface area contributed by atoms with Crippen LogP contribution in [0.15, 0.2) is 5.16 Å². The summed E-state index contributed by atoms with van der Waals surface area (Å²) in [5.41, 5.74) is 0.411. The smallest absolute Gasteiger partial charge is 0.203 e. The molecule has 0 aromatic heterocycles. The molecular weight excluding hydrogens is 230 g/mol. The van der Waals surface area contributed by atoms with Gasteiger partial charge in [-0.2, -0.15) is 0 Å². The summed E-state index contributed by atoms with van der Waals surface area (Å²) in [6.07, 6.45) is -4.35. The van der Waals surface area contributed by atoms with Gasteiger partial charge in [-0.25, -0.2) is 0 Å². The van der Waals surface area contributed by atoms with Crippen molar-refractivity contribution in [3.05, 3.63) is 0 Å². The molecule has 4 atom stereocenters. The summed E-state index contributed by atoms with van der Waals surface area (Å²) in [4.78, 5) is 5.04. The Morgan fingerprint density at radius 1 is 1.29 bits per heavy atom. The summed E-state index contributed by atoms with van der Waals surface area (Å²) >= 11 is 0. The Kier molecular flexibility index (Phi) is 3.95. The van der Waals surface area contributed by atoms with Crippen LogP contribution in [-0.2, 0) is 19.0 Å². The Balaban J connectivity index is 2.06. The SMILES string of the molecule is CCOC(OCC)C1=NO[C@H]2[C@H](O)C(O)O[C@@H]12. The highest BCUT2D eigenvalue weighted by atomic mass is 16.7. The van der Waals surface area contributed by atoms with Crippen molar-refractivity contribution < 1.29 is 29.3 Å². The van der Waals surface area contributed by atoms with Gasteiger partial charge in [-0.1, -0.05) is 5.16 Å². The van der Waals surface area contributed by atoms with Gasteiger partial charge in [0, 0.05) is 13.2 Å². The van der Waals surface area contributed by atoms with Crippen molar-refractivity contribution in [2.75, 3.05) is 13.2 Å². The lowest BCUT2D eigenvalue weighted by molar-refractivity contribution is -0.129. The molecule has 0 radical (unpaired) electrons. The lowest BCUT2D eigenvalue weighted by Crippen LogP contribution is -2.39. The van der Waals surface area contributed by atoms with E-state index < -0.39 is 30.9 Å². The van der Waals surface area contributed by atoms with Crippen LogP contribution in [0.25, 0.3) is 0 Å². The van der Waals surface area contributed by atoms with Gasteiger partial charge in [0.2, 0.25) is 6.29 Å². The van der Waals surface area contributed by atoms with E-state index in [9.17, 15) is 10.2 Å². The quantitative estimate of drug-likeness (QED) is 0.619. The predicted octanol–water partition coefficient (Wildman–Crippen LogP) is -0.782. The highest BCUT2D eigenvalue weighted by Gasteiger charge is 2.53. The third-order valence-corrected chi connectivity index (χ3v) is 2.66. The Hall–Kier alpha value is -0.730. The Morgan fingerprint density at radius 2 is 1.94 bits per heavy atom. The zero-order valence-corrected chi connectivity index (χ0v) is 9.78. The van der Waals surface area contributed by atoms with Crippen molar-refractivity contribution in [3.8, 4) is 0 Å². The van der Waals surface area contributed by atoms with Crippen LogP contribution in [0.5, 0.6) is 0 Å². The van der Waals surface area contributed by atoms with Gasteiger partial charge in [0.15, 0.2) is 12.4 Å². The Morgan fingerprint density at radius 3 is 2.53 bits per heavy atom. The fraction of sp³-hybridized carbons (Fsp3) is 0.900. The average molecular weight is 247 g/mol.